The molecule has 0 bridgehead atoms. The van der Waals surface area contributed by atoms with Crippen molar-refractivity contribution in [3.63, 3.8) is 0 Å². The molecule has 2 N–H and O–H groups in total. The number of nitrogens with one attached hydrogen (secondary N) is 1. The zero-order valence-electron chi connectivity index (χ0n) is 13.2. The van der Waals surface area contributed by atoms with Crippen molar-refractivity contribution in [2.45, 2.75) is 46.0 Å². The fourth-order valence-corrected chi connectivity index (χ4v) is 2.97. The molecule has 1 fully saturated rings. The topological polar surface area (TPSA) is 49.3 Å². The van der Waals surface area contributed by atoms with E-state index in [9.17, 15) is 4.79 Å². The predicted molar refractivity (Wildman–Crippen MR) is 84.9 cm³/mol. The van der Waals surface area contributed by atoms with Crippen LogP contribution in [0.25, 0.3) is 0 Å². The molecule has 1 aromatic carbocycles. The molecular weight excluding hydrogens is 262 g/mol. The van der Waals surface area contributed by atoms with Crippen molar-refractivity contribution < 1.29 is 9.90 Å². The summed E-state index contributed by atoms with van der Waals surface area (Å²) in [5, 5.41) is 12.2. The number of hydrogen-bond acceptors (Lipinski definition) is 2. The van der Waals surface area contributed by atoms with E-state index in [1.807, 2.05) is 18.2 Å². The first-order chi connectivity index (χ1) is 9.97. The van der Waals surface area contributed by atoms with Crippen LogP contribution in [0, 0.1) is 10.8 Å². The van der Waals surface area contributed by atoms with Gasteiger partial charge in [0.05, 0.1) is 5.41 Å². The van der Waals surface area contributed by atoms with Crippen LogP contribution < -0.4 is 5.32 Å². The Morgan fingerprint density at radius 3 is 2.48 bits per heavy atom. The van der Waals surface area contributed by atoms with Crippen LogP contribution >= 0.6 is 0 Å². The normalized spacial score (nSPS) is 17.1. The smallest absolute Gasteiger partial charge is 0.226 e. The van der Waals surface area contributed by atoms with Crippen molar-refractivity contribution in [2.75, 3.05) is 13.2 Å². The zero-order chi connectivity index (χ0) is 15.3. The predicted octanol–water partition coefficient (Wildman–Crippen LogP) is 2.92. The van der Waals surface area contributed by atoms with Crippen LogP contribution in [0.15, 0.2) is 30.3 Å². The Bertz CT molecular complexity index is 463. The Balaban J connectivity index is 1.95. The van der Waals surface area contributed by atoms with Crippen LogP contribution in [0.3, 0.4) is 0 Å². The van der Waals surface area contributed by atoms with Crippen LogP contribution in [-0.2, 0) is 11.2 Å². The van der Waals surface area contributed by atoms with E-state index in [-0.39, 0.29) is 23.3 Å². The van der Waals surface area contributed by atoms with Gasteiger partial charge in [-0.15, -0.1) is 0 Å². The monoisotopic (exact) mass is 289 g/mol. The van der Waals surface area contributed by atoms with Gasteiger partial charge in [-0.3, -0.25) is 4.79 Å². The Morgan fingerprint density at radius 1 is 1.29 bits per heavy atom. The van der Waals surface area contributed by atoms with Crippen LogP contribution in [0.2, 0.25) is 0 Å². The molecule has 0 aromatic heterocycles. The van der Waals surface area contributed by atoms with Gasteiger partial charge in [-0.25, -0.2) is 0 Å². The number of benzene rings is 1. The zero-order valence-corrected chi connectivity index (χ0v) is 13.2. The van der Waals surface area contributed by atoms with E-state index >= 15 is 0 Å². The van der Waals surface area contributed by atoms with Gasteiger partial charge in [-0.2, -0.15) is 0 Å². The molecular formula is C18H27NO2. The van der Waals surface area contributed by atoms with Crippen molar-refractivity contribution in [1.82, 2.24) is 5.32 Å². The maximum atomic E-state index is 12.6. The summed E-state index contributed by atoms with van der Waals surface area (Å²) >= 11 is 0. The molecule has 0 radical (unpaired) electrons. The number of carbonyl (C=O) groups excluding carboxylic acids is 1. The van der Waals surface area contributed by atoms with E-state index in [1.54, 1.807) is 0 Å². The van der Waals surface area contributed by atoms with Crippen molar-refractivity contribution in [3.05, 3.63) is 35.9 Å². The molecule has 116 valence electrons. The average Bonchev–Trinajstić information content (AvgIpc) is 2.41. The van der Waals surface area contributed by atoms with Crippen LogP contribution in [0.1, 0.15) is 45.1 Å². The molecule has 0 heterocycles. The van der Waals surface area contributed by atoms with E-state index in [2.05, 4.69) is 31.3 Å². The van der Waals surface area contributed by atoms with E-state index in [4.69, 9.17) is 5.11 Å². The Morgan fingerprint density at radius 2 is 1.95 bits per heavy atom. The Kier molecular flexibility index (Phi) is 5.04. The second-order valence-electron chi connectivity index (χ2n) is 7.12. The summed E-state index contributed by atoms with van der Waals surface area (Å²) in [6.07, 6.45) is 4.64. The first-order valence-electron chi connectivity index (χ1n) is 7.91. The molecule has 2 rings (SSSR count). The fourth-order valence-electron chi connectivity index (χ4n) is 2.97. The molecule has 1 aromatic rings. The van der Waals surface area contributed by atoms with E-state index < -0.39 is 0 Å². The average molecular weight is 289 g/mol. The van der Waals surface area contributed by atoms with Crippen LogP contribution in [0.5, 0.6) is 0 Å². The first kappa shape index (κ1) is 16.0. The minimum atomic E-state index is -0.212. The quantitative estimate of drug-likeness (QED) is 0.811. The lowest BCUT2D eigenvalue weighted by Gasteiger charge is -2.41. The lowest BCUT2D eigenvalue weighted by Crippen LogP contribution is -2.49. The summed E-state index contributed by atoms with van der Waals surface area (Å²) < 4.78 is 0. The highest BCUT2D eigenvalue weighted by Gasteiger charge is 2.44. The lowest BCUT2D eigenvalue weighted by atomic mass is 9.64. The third kappa shape index (κ3) is 4.07. The molecule has 1 aliphatic carbocycles. The molecule has 0 unspecified atom stereocenters. The maximum absolute atomic E-state index is 12.6. The highest BCUT2D eigenvalue weighted by atomic mass is 16.3. The van der Waals surface area contributed by atoms with E-state index in [1.165, 1.54) is 5.56 Å². The summed E-state index contributed by atoms with van der Waals surface area (Å²) in [7, 11) is 0. The van der Waals surface area contributed by atoms with E-state index in [0.717, 1.165) is 25.7 Å². The maximum Gasteiger partial charge on any atom is 0.226 e. The van der Waals surface area contributed by atoms with Crippen molar-refractivity contribution >= 4 is 5.91 Å². The van der Waals surface area contributed by atoms with Gasteiger partial charge in [0, 0.05) is 13.2 Å². The van der Waals surface area contributed by atoms with Crippen molar-refractivity contribution in [1.29, 1.82) is 0 Å². The number of rotatable bonds is 7. The molecule has 1 aliphatic rings. The first-order valence-corrected chi connectivity index (χ1v) is 7.91. The van der Waals surface area contributed by atoms with Gasteiger partial charge in [0.15, 0.2) is 0 Å². The minimum absolute atomic E-state index is 0.0535. The summed E-state index contributed by atoms with van der Waals surface area (Å²) in [5.74, 6) is 0.184. The standard InChI is InChI=1S/C18H27NO2/c1-17(2,11-12-20)14-19-16(21)18(9-6-10-18)13-15-7-4-3-5-8-15/h3-5,7-8,20H,6,9-14H2,1-2H3,(H,19,21). The highest BCUT2D eigenvalue weighted by molar-refractivity contribution is 5.83. The highest BCUT2D eigenvalue weighted by Crippen LogP contribution is 2.44. The van der Waals surface area contributed by atoms with Crippen molar-refractivity contribution in [2.24, 2.45) is 10.8 Å². The van der Waals surface area contributed by atoms with Gasteiger partial charge in [-0.1, -0.05) is 50.6 Å². The molecule has 0 atom stereocenters. The lowest BCUT2D eigenvalue weighted by molar-refractivity contribution is -0.136. The third-order valence-electron chi connectivity index (χ3n) is 4.69. The number of aliphatic hydroxyl groups excluding tert-OH is 1. The molecule has 3 heteroatoms. The van der Waals surface area contributed by atoms with Gasteiger partial charge in [-0.05, 0) is 36.7 Å². The van der Waals surface area contributed by atoms with Gasteiger partial charge < -0.3 is 10.4 Å². The van der Waals surface area contributed by atoms with Crippen LogP contribution in [0.4, 0.5) is 0 Å². The molecule has 0 saturated heterocycles. The van der Waals surface area contributed by atoms with Gasteiger partial charge in [0.2, 0.25) is 5.91 Å². The fraction of sp³-hybridized carbons (Fsp3) is 0.611. The Labute approximate surface area is 127 Å². The molecule has 1 amide bonds. The van der Waals surface area contributed by atoms with Crippen molar-refractivity contribution in [3.8, 4) is 0 Å². The third-order valence-corrected chi connectivity index (χ3v) is 4.69. The largest absolute Gasteiger partial charge is 0.396 e. The van der Waals surface area contributed by atoms with Crippen LogP contribution in [-0.4, -0.2) is 24.2 Å². The number of hydrogen-bond donors (Lipinski definition) is 2. The summed E-state index contributed by atoms with van der Waals surface area (Å²) in [5.41, 5.74) is 0.973. The Hall–Kier alpha value is -1.35. The minimum Gasteiger partial charge on any atom is -0.396 e. The molecule has 1 saturated carbocycles. The molecule has 3 nitrogen and oxygen atoms in total. The molecule has 21 heavy (non-hydrogen) atoms. The van der Waals surface area contributed by atoms with Gasteiger partial charge >= 0.3 is 0 Å². The number of carbonyl (C=O) groups is 1. The summed E-state index contributed by atoms with van der Waals surface area (Å²) in [6, 6.07) is 10.3. The molecule has 0 spiro atoms. The SMILES string of the molecule is CC(C)(CCO)CNC(=O)C1(Cc2ccccc2)CCC1. The number of amides is 1. The molecule has 0 aliphatic heterocycles. The van der Waals surface area contributed by atoms with Gasteiger partial charge in [0.1, 0.15) is 0 Å². The van der Waals surface area contributed by atoms with E-state index in [0.29, 0.717) is 13.0 Å². The second-order valence-corrected chi connectivity index (χ2v) is 7.12. The second kappa shape index (κ2) is 6.61. The van der Waals surface area contributed by atoms with Gasteiger partial charge in [0.25, 0.3) is 0 Å². The summed E-state index contributed by atoms with van der Waals surface area (Å²) in [6.45, 7) is 4.95. The number of aliphatic hydroxyl groups is 1. The summed E-state index contributed by atoms with van der Waals surface area (Å²) in [4.78, 5) is 12.6.